The quantitative estimate of drug-likeness (QED) is 0.781. The van der Waals surface area contributed by atoms with Crippen LogP contribution < -0.4 is 5.73 Å². The molecule has 0 aromatic carbocycles. The minimum absolute atomic E-state index is 0.0986. The molecule has 1 fully saturated rings. The Morgan fingerprint density at radius 2 is 1.57 bits per heavy atom. The van der Waals surface area contributed by atoms with E-state index in [9.17, 15) is 13.2 Å². The summed E-state index contributed by atoms with van der Waals surface area (Å²) in [6.45, 7) is 11.1. The van der Waals surface area contributed by atoms with Crippen molar-refractivity contribution in [3.8, 4) is 0 Å². The van der Waals surface area contributed by atoms with Crippen molar-refractivity contribution < 1.29 is 32.4 Å². The lowest BCUT2D eigenvalue weighted by Gasteiger charge is -2.32. The van der Waals surface area contributed by atoms with E-state index in [0.29, 0.717) is 12.5 Å². The van der Waals surface area contributed by atoms with E-state index in [1.807, 2.05) is 0 Å². The van der Waals surface area contributed by atoms with Crippen molar-refractivity contribution in [2.24, 2.45) is 11.7 Å². The van der Waals surface area contributed by atoms with Crippen LogP contribution in [-0.2, 0) is 14.1 Å². The van der Waals surface area contributed by atoms with Crippen LogP contribution in [0.25, 0.3) is 0 Å². The molecule has 0 aliphatic carbocycles. The number of hydrogen-bond donors (Lipinski definition) is 2. The van der Waals surface area contributed by atoms with Crippen LogP contribution in [-0.4, -0.2) is 42.1 Å². The topological polar surface area (TPSA) is 81.8 Å². The number of carboxylic acids is 1. The van der Waals surface area contributed by atoms with Gasteiger partial charge in [-0.1, -0.05) is 6.92 Å². The molecule has 3 N–H and O–H groups in total. The van der Waals surface area contributed by atoms with Crippen LogP contribution in [0.4, 0.5) is 13.2 Å². The molecule has 0 radical (unpaired) electrons. The van der Waals surface area contributed by atoms with E-state index >= 15 is 0 Å². The Balaban J connectivity index is 0.000000486. The molecule has 1 aliphatic rings. The van der Waals surface area contributed by atoms with Gasteiger partial charge in [0, 0.05) is 0 Å². The lowest BCUT2D eigenvalue weighted by atomic mass is 9.78. The maximum absolute atomic E-state index is 10.6. The zero-order chi connectivity index (χ0) is 17.1. The van der Waals surface area contributed by atoms with Gasteiger partial charge in [0.2, 0.25) is 0 Å². The predicted molar refractivity (Wildman–Crippen MR) is 72.8 cm³/mol. The second-order valence-corrected chi connectivity index (χ2v) is 6.07. The smallest absolute Gasteiger partial charge is 0.475 e. The van der Waals surface area contributed by atoms with Gasteiger partial charge in [-0.25, -0.2) is 4.79 Å². The van der Waals surface area contributed by atoms with E-state index in [1.54, 1.807) is 0 Å². The molecule has 0 bridgehead atoms. The third-order valence-electron chi connectivity index (χ3n) is 3.54. The lowest BCUT2D eigenvalue weighted by Crippen LogP contribution is -2.41. The molecule has 1 atom stereocenters. The Kier molecular flexibility index (Phi) is 6.71. The summed E-state index contributed by atoms with van der Waals surface area (Å²) in [5, 5.41) is 7.12. The third-order valence-corrected chi connectivity index (χ3v) is 3.54. The summed E-state index contributed by atoms with van der Waals surface area (Å²) in [5.41, 5.74) is 5.14. The molecule has 0 spiro atoms. The highest BCUT2D eigenvalue weighted by atomic mass is 19.4. The molecule has 5 nitrogen and oxygen atoms in total. The molecule has 1 heterocycles. The summed E-state index contributed by atoms with van der Waals surface area (Å²) < 4.78 is 43.5. The van der Waals surface area contributed by atoms with Gasteiger partial charge in [0.25, 0.3) is 0 Å². The van der Waals surface area contributed by atoms with E-state index < -0.39 is 12.1 Å². The fraction of sp³-hybridized carbons (Fsp3) is 0.917. The first kappa shape index (κ1) is 20.2. The largest absolute Gasteiger partial charge is 0.490 e. The van der Waals surface area contributed by atoms with Gasteiger partial charge in [-0.3, -0.25) is 0 Å². The van der Waals surface area contributed by atoms with Crippen molar-refractivity contribution >= 4 is 13.1 Å². The summed E-state index contributed by atoms with van der Waals surface area (Å²) in [5.74, 6) is -2.31. The lowest BCUT2D eigenvalue weighted by molar-refractivity contribution is -0.192. The summed E-state index contributed by atoms with van der Waals surface area (Å²) in [6.07, 6.45) is -4.21. The molecule has 21 heavy (non-hydrogen) atoms. The Hall–Kier alpha value is -0.795. The number of hydrogen-bond acceptors (Lipinski definition) is 4. The SMILES string of the molecule is CC(CN)CB1OC(C)(C)C(C)(C)O1.O=C(O)C(F)(F)F. The van der Waals surface area contributed by atoms with Crippen molar-refractivity contribution in [2.45, 2.75) is 58.3 Å². The standard InChI is InChI=1S/C10H22BNO2.C2HF3O2/c1-8(7-12)6-11-13-9(2,3)10(4,5)14-11;3-2(4,5)1(6)7/h8H,6-7,12H2,1-5H3;(H,6,7). The summed E-state index contributed by atoms with van der Waals surface area (Å²) >= 11 is 0. The normalized spacial score (nSPS) is 21.5. The van der Waals surface area contributed by atoms with E-state index in [0.717, 1.165) is 6.32 Å². The second kappa shape index (κ2) is 6.98. The molecular formula is C12H23BF3NO4. The molecule has 0 aromatic heterocycles. The van der Waals surface area contributed by atoms with Crippen molar-refractivity contribution in [1.82, 2.24) is 0 Å². The van der Waals surface area contributed by atoms with E-state index in [4.69, 9.17) is 24.9 Å². The van der Waals surface area contributed by atoms with Gasteiger partial charge in [0.05, 0.1) is 11.2 Å². The number of aliphatic carboxylic acids is 1. The number of nitrogens with two attached hydrogens (primary N) is 1. The molecule has 1 rings (SSSR count). The van der Waals surface area contributed by atoms with Gasteiger partial charge >= 0.3 is 19.3 Å². The molecule has 1 aliphatic heterocycles. The number of alkyl halides is 3. The van der Waals surface area contributed by atoms with Gasteiger partial charge < -0.3 is 20.1 Å². The number of halogens is 3. The van der Waals surface area contributed by atoms with E-state index in [-0.39, 0.29) is 18.3 Å². The zero-order valence-corrected chi connectivity index (χ0v) is 13.0. The van der Waals surface area contributed by atoms with Crippen molar-refractivity contribution in [3.05, 3.63) is 0 Å². The molecule has 0 amide bonds. The van der Waals surface area contributed by atoms with Gasteiger partial charge in [-0.05, 0) is 46.5 Å². The minimum atomic E-state index is -5.08. The molecular weight excluding hydrogens is 290 g/mol. The van der Waals surface area contributed by atoms with Crippen LogP contribution in [0, 0.1) is 5.92 Å². The average Bonchev–Trinajstić information content (AvgIpc) is 2.46. The van der Waals surface area contributed by atoms with Crippen LogP contribution in [0.1, 0.15) is 34.6 Å². The average molecular weight is 313 g/mol. The van der Waals surface area contributed by atoms with Gasteiger partial charge in [-0.2, -0.15) is 13.2 Å². The maximum atomic E-state index is 10.6. The van der Waals surface area contributed by atoms with Gasteiger partial charge in [0.15, 0.2) is 0 Å². The molecule has 1 saturated heterocycles. The first-order valence-electron chi connectivity index (χ1n) is 6.58. The molecule has 0 saturated carbocycles. The first-order chi connectivity index (χ1) is 9.23. The van der Waals surface area contributed by atoms with E-state index in [1.165, 1.54) is 0 Å². The Morgan fingerprint density at radius 1 is 1.24 bits per heavy atom. The Bertz CT molecular complexity index is 345. The maximum Gasteiger partial charge on any atom is 0.490 e. The first-order valence-corrected chi connectivity index (χ1v) is 6.58. The number of rotatable bonds is 3. The minimum Gasteiger partial charge on any atom is -0.475 e. The van der Waals surface area contributed by atoms with Gasteiger partial charge in [-0.15, -0.1) is 0 Å². The molecule has 9 heteroatoms. The summed E-state index contributed by atoms with van der Waals surface area (Å²) in [7, 11) is -0.0986. The van der Waals surface area contributed by atoms with Crippen molar-refractivity contribution in [2.75, 3.05) is 6.54 Å². The second-order valence-electron chi connectivity index (χ2n) is 6.07. The van der Waals surface area contributed by atoms with Crippen LogP contribution in [0.5, 0.6) is 0 Å². The monoisotopic (exact) mass is 313 g/mol. The molecule has 0 aromatic rings. The van der Waals surface area contributed by atoms with Gasteiger partial charge in [0.1, 0.15) is 0 Å². The number of carbonyl (C=O) groups is 1. The summed E-state index contributed by atoms with van der Waals surface area (Å²) in [4.78, 5) is 8.90. The molecule has 124 valence electrons. The van der Waals surface area contributed by atoms with Crippen LogP contribution >= 0.6 is 0 Å². The molecule has 1 unspecified atom stereocenters. The van der Waals surface area contributed by atoms with Crippen LogP contribution in [0.15, 0.2) is 0 Å². The zero-order valence-electron chi connectivity index (χ0n) is 13.0. The Morgan fingerprint density at radius 3 is 1.81 bits per heavy atom. The highest BCUT2D eigenvalue weighted by molar-refractivity contribution is 6.45. The third kappa shape index (κ3) is 6.23. The predicted octanol–water partition coefficient (Wildman–Crippen LogP) is 2.31. The highest BCUT2D eigenvalue weighted by Gasteiger charge is 2.50. The van der Waals surface area contributed by atoms with Crippen LogP contribution in [0.2, 0.25) is 6.32 Å². The highest BCUT2D eigenvalue weighted by Crippen LogP contribution is 2.38. The fourth-order valence-electron chi connectivity index (χ4n) is 1.49. The van der Waals surface area contributed by atoms with Crippen LogP contribution in [0.3, 0.4) is 0 Å². The Labute approximate surface area is 123 Å². The van der Waals surface area contributed by atoms with Crippen molar-refractivity contribution in [1.29, 1.82) is 0 Å². The number of carboxylic acid groups (broad SMARTS) is 1. The van der Waals surface area contributed by atoms with Crippen molar-refractivity contribution in [3.63, 3.8) is 0 Å². The fourth-order valence-corrected chi connectivity index (χ4v) is 1.49. The summed E-state index contributed by atoms with van der Waals surface area (Å²) in [6, 6.07) is 0. The van der Waals surface area contributed by atoms with E-state index in [2.05, 4.69) is 34.6 Å².